The Morgan fingerprint density at radius 3 is 3.11 bits per heavy atom. The molecule has 5 nitrogen and oxygen atoms in total. The maximum atomic E-state index is 11.8. The number of aromatic nitrogens is 1. The lowest BCUT2D eigenvalue weighted by Crippen LogP contribution is -2.30. The molecule has 0 aromatic carbocycles. The molecule has 1 amide bonds. The molecule has 1 atom stereocenters. The van der Waals surface area contributed by atoms with Gasteiger partial charge in [-0.15, -0.1) is 0 Å². The molecule has 98 valence electrons. The first kappa shape index (κ1) is 12.8. The standard InChI is InChI=1S/C13H18N2O3/c1-9(2)15-13(16)10-3-5-14-12(7-10)18-11-4-6-17-8-11/h3,5,7,9,11H,4,6,8H2,1-2H3,(H,15,16). The number of carbonyl (C=O) groups is 1. The molecular weight excluding hydrogens is 232 g/mol. The van der Waals surface area contributed by atoms with Crippen LogP contribution in [0, 0.1) is 0 Å². The molecule has 0 saturated carbocycles. The minimum atomic E-state index is -0.111. The number of nitrogens with zero attached hydrogens (tertiary/aromatic N) is 1. The largest absolute Gasteiger partial charge is 0.472 e. The van der Waals surface area contributed by atoms with Crippen molar-refractivity contribution in [1.82, 2.24) is 10.3 Å². The lowest BCUT2D eigenvalue weighted by atomic mass is 10.2. The fraction of sp³-hybridized carbons (Fsp3) is 0.538. The number of hydrogen-bond donors (Lipinski definition) is 1. The highest BCUT2D eigenvalue weighted by atomic mass is 16.5. The van der Waals surface area contributed by atoms with Crippen molar-refractivity contribution < 1.29 is 14.3 Å². The predicted octanol–water partition coefficient (Wildman–Crippen LogP) is 1.39. The van der Waals surface area contributed by atoms with E-state index in [4.69, 9.17) is 9.47 Å². The number of hydrogen-bond acceptors (Lipinski definition) is 4. The van der Waals surface area contributed by atoms with Crippen LogP contribution in [0.3, 0.4) is 0 Å². The number of amides is 1. The first-order valence-electron chi connectivity index (χ1n) is 6.16. The van der Waals surface area contributed by atoms with Crippen LogP contribution < -0.4 is 10.1 Å². The van der Waals surface area contributed by atoms with Gasteiger partial charge in [-0.05, 0) is 19.9 Å². The molecule has 2 rings (SSSR count). The second-order valence-electron chi connectivity index (χ2n) is 4.61. The minimum Gasteiger partial charge on any atom is -0.472 e. The van der Waals surface area contributed by atoms with Crippen molar-refractivity contribution in [3.8, 4) is 5.88 Å². The molecule has 1 aliphatic heterocycles. The Bertz CT molecular complexity index is 414. The van der Waals surface area contributed by atoms with Crippen LogP contribution in [0.4, 0.5) is 0 Å². The van der Waals surface area contributed by atoms with E-state index in [1.807, 2.05) is 13.8 Å². The summed E-state index contributed by atoms with van der Waals surface area (Å²) >= 11 is 0. The molecule has 0 spiro atoms. The number of ether oxygens (including phenoxy) is 2. The summed E-state index contributed by atoms with van der Waals surface area (Å²) in [4.78, 5) is 15.9. The smallest absolute Gasteiger partial charge is 0.251 e. The molecular formula is C13H18N2O3. The van der Waals surface area contributed by atoms with E-state index in [9.17, 15) is 4.79 Å². The maximum absolute atomic E-state index is 11.8. The van der Waals surface area contributed by atoms with Gasteiger partial charge in [-0.1, -0.05) is 0 Å². The van der Waals surface area contributed by atoms with Crippen molar-refractivity contribution in [3.05, 3.63) is 23.9 Å². The van der Waals surface area contributed by atoms with E-state index in [0.29, 0.717) is 18.1 Å². The summed E-state index contributed by atoms with van der Waals surface area (Å²) in [5.41, 5.74) is 0.563. The Hall–Kier alpha value is -1.62. The number of carbonyl (C=O) groups excluding carboxylic acids is 1. The molecule has 1 aromatic heterocycles. The van der Waals surface area contributed by atoms with Crippen LogP contribution in [0.2, 0.25) is 0 Å². The molecule has 0 aliphatic carbocycles. The summed E-state index contributed by atoms with van der Waals surface area (Å²) in [5.74, 6) is 0.363. The fourth-order valence-corrected chi connectivity index (χ4v) is 1.74. The first-order chi connectivity index (χ1) is 8.65. The highest BCUT2D eigenvalue weighted by Gasteiger charge is 2.18. The number of rotatable bonds is 4. The molecule has 0 radical (unpaired) electrons. The molecule has 1 unspecified atom stereocenters. The van der Waals surface area contributed by atoms with Crippen LogP contribution in [0.15, 0.2) is 18.3 Å². The molecule has 0 bridgehead atoms. The Balaban J connectivity index is 2.02. The Morgan fingerprint density at radius 1 is 1.61 bits per heavy atom. The topological polar surface area (TPSA) is 60.5 Å². The van der Waals surface area contributed by atoms with E-state index in [-0.39, 0.29) is 18.1 Å². The molecule has 1 saturated heterocycles. The molecule has 1 aliphatic rings. The Kier molecular flexibility index (Phi) is 4.15. The average molecular weight is 250 g/mol. The second kappa shape index (κ2) is 5.82. The van der Waals surface area contributed by atoms with E-state index in [2.05, 4.69) is 10.3 Å². The van der Waals surface area contributed by atoms with Crippen molar-refractivity contribution in [3.63, 3.8) is 0 Å². The van der Waals surface area contributed by atoms with Gasteiger partial charge in [0.15, 0.2) is 0 Å². The van der Waals surface area contributed by atoms with Gasteiger partial charge in [-0.25, -0.2) is 4.98 Å². The van der Waals surface area contributed by atoms with E-state index < -0.39 is 0 Å². The molecule has 1 fully saturated rings. The summed E-state index contributed by atoms with van der Waals surface area (Å²) in [6.07, 6.45) is 2.49. The highest BCUT2D eigenvalue weighted by Crippen LogP contribution is 2.15. The van der Waals surface area contributed by atoms with Gasteiger partial charge in [-0.3, -0.25) is 4.79 Å². The normalized spacial score (nSPS) is 18.9. The number of pyridine rings is 1. The zero-order chi connectivity index (χ0) is 13.0. The third-order valence-corrected chi connectivity index (χ3v) is 2.59. The quantitative estimate of drug-likeness (QED) is 0.877. The summed E-state index contributed by atoms with van der Waals surface area (Å²) in [5, 5.41) is 2.83. The monoisotopic (exact) mass is 250 g/mol. The van der Waals surface area contributed by atoms with Gasteiger partial charge in [0.2, 0.25) is 5.88 Å². The van der Waals surface area contributed by atoms with Crippen LogP contribution in [0.1, 0.15) is 30.6 Å². The van der Waals surface area contributed by atoms with Gasteiger partial charge in [0.05, 0.1) is 13.2 Å². The fourth-order valence-electron chi connectivity index (χ4n) is 1.74. The van der Waals surface area contributed by atoms with Crippen molar-refractivity contribution in [1.29, 1.82) is 0 Å². The maximum Gasteiger partial charge on any atom is 0.251 e. The Morgan fingerprint density at radius 2 is 2.44 bits per heavy atom. The van der Waals surface area contributed by atoms with Crippen LogP contribution in [0.25, 0.3) is 0 Å². The Labute approximate surface area is 107 Å². The van der Waals surface area contributed by atoms with Crippen molar-refractivity contribution in [2.45, 2.75) is 32.4 Å². The van der Waals surface area contributed by atoms with Gasteiger partial charge in [-0.2, -0.15) is 0 Å². The summed E-state index contributed by atoms with van der Waals surface area (Å²) in [6.45, 7) is 5.15. The third-order valence-electron chi connectivity index (χ3n) is 2.59. The van der Waals surface area contributed by atoms with Gasteiger partial charge < -0.3 is 14.8 Å². The molecule has 1 aromatic rings. The minimum absolute atomic E-state index is 0.0425. The average Bonchev–Trinajstić information content (AvgIpc) is 2.81. The van der Waals surface area contributed by atoms with Gasteiger partial charge in [0, 0.05) is 30.3 Å². The van der Waals surface area contributed by atoms with Gasteiger partial charge >= 0.3 is 0 Å². The van der Waals surface area contributed by atoms with E-state index in [1.165, 1.54) is 0 Å². The first-order valence-corrected chi connectivity index (χ1v) is 6.16. The van der Waals surface area contributed by atoms with Crippen molar-refractivity contribution >= 4 is 5.91 Å². The summed E-state index contributed by atoms with van der Waals surface area (Å²) in [6, 6.07) is 3.45. The van der Waals surface area contributed by atoms with Crippen molar-refractivity contribution in [2.75, 3.05) is 13.2 Å². The lowest BCUT2D eigenvalue weighted by Gasteiger charge is -2.12. The lowest BCUT2D eigenvalue weighted by molar-refractivity contribution is 0.0941. The summed E-state index contributed by atoms with van der Waals surface area (Å²) < 4.78 is 10.9. The van der Waals surface area contributed by atoms with Gasteiger partial charge in [0.25, 0.3) is 5.91 Å². The molecule has 5 heteroatoms. The molecule has 18 heavy (non-hydrogen) atoms. The van der Waals surface area contributed by atoms with Crippen LogP contribution in [0.5, 0.6) is 5.88 Å². The van der Waals surface area contributed by atoms with Gasteiger partial charge in [0.1, 0.15) is 6.10 Å². The van der Waals surface area contributed by atoms with Crippen LogP contribution >= 0.6 is 0 Å². The third kappa shape index (κ3) is 3.43. The highest BCUT2D eigenvalue weighted by molar-refractivity contribution is 5.94. The second-order valence-corrected chi connectivity index (χ2v) is 4.61. The predicted molar refractivity (Wildman–Crippen MR) is 66.7 cm³/mol. The van der Waals surface area contributed by atoms with Crippen molar-refractivity contribution in [2.24, 2.45) is 0 Å². The van der Waals surface area contributed by atoms with E-state index in [1.54, 1.807) is 18.3 Å². The number of nitrogens with one attached hydrogen (secondary N) is 1. The van der Waals surface area contributed by atoms with Crippen LogP contribution in [-0.4, -0.2) is 36.3 Å². The zero-order valence-electron chi connectivity index (χ0n) is 10.7. The zero-order valence-corrected chi connectivity index (χ0v) is 10.7. The molecule has 1 N–H and O–H groups in total. The van der Waals surface area contributed by atoms with E-state index >= 15 is 0 Å². The van der Waals surface area contributed by atoms with Crippen LogP contribution in [-0.2, 0) is 4.74 Å². The molecule has 2 heterocycles. The van der Waals surface area contributed by atoms with E-state index in [0.717, 1.165) is 13.0 Å². The SMILES string of the molecule is CC(C)NC(=O)c1ccnc(OC2CCOC2)c1. The summed E-state index contributed by atoms with van der Waals surface area (Å²) in [7, 11) is 0.